The lowest BCUT2D eigenvalue weighted by Gasteiger charge is -2.37. The van der Waals surface area contributed by atoms with Crippen LogP contribution in [0.3, 0.4) is 0 Å². The Morgan fingerprint density at radius 3 is 2.52 bits per heavy atom. The maximum absolute atomic E-state index is 13.6. The Morgan fingerprint density at radius 2 is 1.81 bits per heavy atom. The second-order valence-corrected chi connectivity index (χ2v) is 12.1. The van der Waals surface area contributed by atoms with E-state index >= 15 is 0 Å². The number of cyclic esters (lactones) is 1. The van der Waals surface area contributed by atoms with Gasteiger partial charge in [-0.1, -0.05) is 38.1 Å². The SMILES string of the molecule is CO[C@@H]1CCC=Cc2ccc3c(c2)[C@@H](CC3)N(C)C(=O)[C@@H]2CCCN(N2)C(=O)[C@H](C)NC(=O)[C@H](C(C)C)OC(=O)[C@@H]1C. The number of nitrogens with zero attached hydrogens (tertiary/aromatic N) is 2. The molecule has 0 saturated carbocycles. The van der Waals surface area contributed by atoms with Crippen molar-refractivity contribution >= 4 is 29.8 Å². The van der Waals surface area contributed by atoms with Crippen molar-refractivity contribution in [3.63, 3.8) is 0 Å². The summed E-state index contributed by atoms with van der Waals surface area (Å²) in [5.41, 5.74) is 6.58. The quantitative estimate of drug-likeness (QED) is 0.515. The molecule has 4 rings (SSSR count). The zero-order valence-electron chi connectivity index (χ0n) is 25.7. The number of esters is 1. The van der Waals surface area contributed by atoms with E-state index in [2.05, 4.69) is 41.1 Å². The van der Waals surface area contributed by atoms with Crippen molar-refractivity contribution in [2.24, 2.45) is 11.8 Å². The van der Waals surface area contributed by atoms with Crippen molar-refractivity contribution in [3.8, 4) is 0 Å². The number of rotatable bonds is 2. The van der Waals surface area contributed by atoms with E-state index in [1.54, 1.807) is 34.8 Å². The number of hydrogen-bond donors (Lipinski definition) is 2. The normalized spacial score (nSPS) is 30.1. The van der Waals surface area contributed by atoms with Crippen LogP contribution >= 0.6 is 0 Å². The second-order valence-electron chi connectivity index (χ2n) is 12.1. The van der Waals surface area contributed by atoms with Gasteiger partial charge in [-0.25, -0.2) is 5.43 Å². The zero-order chi connectivity index (χ0) is 30.6. The number of ether oxygens (including phenoxy) is 2. The minimum absolute atomic E-state index is 0.0394. The van der Waals surface area contributed by atoms with Gasteiger partial charge in [-0.05, 0) is 81.0 Å². The number of hydrazine groups is 1. The third-order valence-electron chi connectivity index (χ3n) is 8.78. The van der Waals surface area contributed by atoms with Crippen LogP contribution in [0.15, 0.2) is 24.3 Å². The highest BCUT2D eigenvalue weighted by Crippen LogP contribution is 2.36. The molecule has 10 heteroatoms. The van der Waals surface area contributed by atoms with Gasteiger partial charge >= 0.3 is 5.97 Å². The molecular formula is C32H46N4O6. The molecule has 230 valence electrons. The first kappa shape index (κ1) is 31.7. The van der Waals surface area contributed by atoms with Crippen molar-refractivity contribution in [2.45, 2.75) is 96.6 Å². The number of methoxy groups -OCH3 is 1. The molecule has 2 aliphatic heterocycles. The Hall–Kier alpha value is -3.24. The van der Waals surface area contributed by atoms with E-state index in [4.69, 9.17) is 9.47 Å². The van der Waals surface area contributed by atoms with Crippen LogP contribution in [0, 0.1) is 11.8 Å². The molecule has 4 bridgehead atoms. The first-order valence-corrected chi connectivity index (χ1v) is 15.2. The minimum atomic E-state index is -1.06. The molecule has 1 aliphatic carbocycles. The molecule has 3 aliphatic rings. The van der Waals surface area contributed by atoms with E-state index in [9.17, 15) is 19.2 Å². The number of allylic oxidation sites excluding steroid dienone is 1. The van der Waals surface area contributed by atoms with Crippen molar-refractivity contribution < 1.29 is 28.7 Å². The lowest BCUT2D eigenvalue weighted by atomic mass is 9.98. The monoisotopic (exact) mass is 582 g/mol. The average Bonchev–Trinajstić information content (AvgIpc) is 3.41. The molecule has 0 aromatic heterocycles. The highest BCUT2D eigenvalue weighted by Gasteiger charge is 2.37. The number of hydrogen-bond acceptors (Lipinski definition) is 7. The van der Waals surface area contributed by atoms with Crippen molar-refractivity contribution in [2.75, 3.05) is 20.7 Å². The largest absolute Gasteiger partial charge is 0.452 e. The number of aryl methyl sites for hydroxylation is 1. The third-order valence-corrected chi connectivity index (χ3v) is 8.78. The van der Waals surface area contributed by atoms with Crippen LogP contribution in [0.2, 0.25) is 0 Å². The highest BCUT2D eigenvalue weighted by molar-refractivity contribution is 5.91. The smallest absolute Gasteiger partial charge is 0.312 e. The lowest BCUT2D eigenvalue weighted by molar-refractivity contribution is -0.166. The van der Waals surface area contributed by atoms with Gasteiger partial charge in [0.25, 0.3) is 11.8 Å². The van der Waals surface area contributed by atoms with Gasteiger partial charge in [-0.3, -0.25) is 24.2 Å². The highest BCUT2D eigenvalue weighted by atomic mass is 16.6. The minimum Gasteiger partial charge on any atom is -0.452 e. The molecule has 1 aromatic carbocycles. The first-order chi connectivity index (χ1) is 20.0. The average molecular weight is 583 g/mol. The van der Waals surface area contributed by atoms with E-state index in [-0.39, 0.29) is 23.8 Å². The van der Waals surface area contributed by atoms with Gasteiger partial charge in [0.1, 0.15) is 12.1 Å². The van der Waals surface area contributed by atoms with Crippen LogP contribution < -0.4 is 10.7 Å². The van der Waals surface area contributed by atoms with Gasteiger partial charge in [0.15, 0.2) is 6.10 Å². The standard InChI is InChI=1S/C32H46N4O6/c1-19(2)28-29(37)33-21(4)30(38)36-17-9-11-25(34-36)31(39)35(5)26-16-15-23-14-13-22(18-24(23)26)10-7-8-12-27(41-6)20(3)32(40)42-28/h7,10,13-14,18-21,25-28,34H,8-9,11-12,15-17H2,1-6H3,(H,33,37)/t20-,21+,25+,26-,27-,28+/m1/s1. The summed E-state index contributed by atoms with van der Waals surface area (Å²) >= 11 is 0. The number of benzene rings is 1. The van der Waals surface area contributed by atoms with Crippen molar-refractivity contribution in [1.29, 1.82) is 0 Å². The maximum atomic E-state index is 13.6. The Bertz CT molecular complexity index is 1200. The summed E-state index contributed by atoms with van der Waals surface area (Å²) in [4.78, 5) is 55.1. The fourth-order valence-electron chi connectivity index (χ4n) is 6.15. The fraction of sp³-hybridized carbons (Fsp3) is 0.625. The number of amides is 3. The number of carbonyl (C=O) groups excluding carboxylic acids is 4. The van der Waals surface area contributed by atoms with Gasteiger partial charge in [-0.15, -0.1) is 0 Å². The van der Waals surface area contributed by atoms with Crippen LogP contribution in [0.5, 0.6) is 0 Å². The second kappa shape index (κ2) is 13.8. The summed E-state index contributed by atoms with van der Waals surface area (Å²) < 4.78 is 11.3. The summed E-state index contributed by atoms with van der Waals surface area (Å²) in [6, 6.07) is 4.93. The van der Waals surface area contributed by atoms with Crippen LogP contribution in [0.4, 0.5) is 0 Å². The Morgan fingerprint density at radius 1 is 1.05 bits per heavy atom. The number of nitrogens with one attached hydrogen (secondary N) is 2. The van der Waals surface area contributed by atoms with Gasteiger partial charge < -0.3 is 19.7 Å². The Labute approximate surface area is 249 Å². The van der Waals surface area contributed by atoms with Crippen LogP contribution in [0.25, 0.3) is 6.08 Å². The van der Waals surface area contributed by atoms with Gasteiger partial charge in [0, 0.05) is 20.7 Å². The molecule has 2 heterocycles. The molecule has 1 fully saturated rings. The van der Waals surface area contributed by atoms with Crippen molar-refractivity contribution in [3.05, 3.63) is 41.0 Å². The molecule has 0 spiro atoms. The maximum Gasteiger partial charge on any atom is 0.312 e. The number of fused-ring (bicyclic) bond motifs is 3. The van der Waals surface area contributed by atoms with E-state index in [1.165, 1.54) is 10.6 Å². The fourth-order valence-corrected chi connectivity index (χ4v) is 6.15. The van der Waals surface area contributed by atoms with E-state index in [1.807, 2.05) is 11.9 Å². The summed E-state index contributed by atoms with van der Waals surface area (Å²) in [6.45, 7) is 7.35. The molecule has 0 unspecified atom stereocenters. The predicted molar refractivity (Wildman–Crippen MR) is 159 cm³/mol. The molecule has 6 atom stereocenters. The summed E-state index contributed by atoms with van der Waals surface area (Å²) in [7, 11) is 3.41. The number of likely N-dealkylation sites (N-methyl/N-ethyl adjacent to an activating group) is 1. The zero-order valence-corrected chi connectivity index (χ0v) is 25.7. The first-order valence-electron chi connectivity index (χ1n) is 15.2. The summed E-state index contributed by atoms with van der Waals surface area (Å²) in [5.74, 6) is -2.36. The Kier molecular flexibility index (Phi) is 10.4. The molecule has 42 heavy (non-hydrogen) atoms. The molecule has 2 N–H and O–H groups in total. The van der Waals surface area contributed by atoms with Gasteiger partial charge in [0.05, 0.1) is 18.1 Å². The van der Waals surface area contributed by atoms with E-state index in [0.29, 0.717) is 32.2 Å². The molecule has 0 radical (unpaired) electrons. The van der Waals surface area contributed by atoms with E-state index < -0.39 is 42.1 Å². The molecule has 3 amide bonds. The van der Waals surface area contributed by atoms with E-state index in [0.717, 1.165) is 24.0 Å². The number of carbonyl (C=O) groups is 4. The Balaban J connectivity index is 1.62. The van der Waals surface area contributed by atoms with Crippen molar-refractivity contribution in [1.82, 2.24) is 20.7 Å². The molecular weight excluding hydrogens is 536 g/mol. The summed E-state index contributed by atoms with van der Waals surface area (Å²) in [6.07, 6.45) is 6.99. The van der Waals surface area contributed by atoms with Crippen LogP contribution in [-0.2, 0) is 35.1 Å². The molecule has 1 aromatic rings. The predicted octanol–water partition coefficient (Wildman–Crippen LogP) is 3.16. The summed E-state index contributed by atoms with van der Waals surface area (Å²) in [5, 5.41) is 4.16. The van der Waals surface area contributed by atoms with Crippen LogP contribution in [0.1, 0.15) is 82.5 Å². The van der Waals surface area contributed by atoms with Gasteiger partial charge in [-0.2, -0.15) is 0 Å². The topological polar surface area (TPSA) is 117 Å². The van der Waals surface area contributed by atoms with Gasteiger partial charge in [0.2, 0.25) is 5.91 Å². The van der Waals surface area contributed by atoms with Crippen LogP contribution in [-0.4, -0.2) is 78.6 Å². The molecule has 10 nitrogen and oxygen atoms in total. The lowest BCUT2D eigenvalue weighted by Crippen LogP contribution is -2.61. The third kappa shape index (κ3) is 7.03. The molecule has 1 saturated heterocycles.